The maximum atomic E-state index is 12.0. The zero-order valence-electron chi connectivity index (χ0n) is 12.7. The highest BCUT2D eigenvalue weighted by Crippen LogP contribution is 2.09. The van der Waals surface area contributed by atoms with Gasteiger partial charge in [-0.1, -0.05) is 24.6 Å². The molecule has 0 atom stereocenters. The molecule has 1 amide bonds. The Kier molecular flexibility index (Phi) is 7.39. The smallest absolute Gasteiger partial charge is 0.240 e. The van der Waals surface area contributed by atoms with E-state index in [2.05, 4.69) is 10.0 Å². The van der Waals surface area contributed by atoms with E-state index in [1.165, 1.54) is 0 Å². The molecule has 0 aliphatic carbocycles. The van der Waals surface area contributed by atoms with Gasteiger partial charge in [0.25, 0.3) is 0 Å². The van der Waals surface area contributed by atoms with E-state index < -0.39 is 10.0 Å². The van der Waals surface area contributed by atoms with Crippen molar-refractivity contribution in [1.82, 2.24) is 10.0 Å². The maximum absolute atomic E-state index is 12.0. The average molecular weight is 312 g/mol. The molecule has 0 fully saturated rings. The lowest BCUT2D eigenvalue weighted by Crippen LogP contribution is -2.27. The summed E-state index contributed by atoms with van der Waals surface area (Å²) in [5, 5.41) is 2.80. The predicted molar refractivity (Wildman–Crippen MR) is 83.5 cm³/mol. The number of carbonyl (C=O) groups excluding carboxylic acids is 1. The molecule has 0 radical (unpaired) electrons. The van der Waals surface area contributed by atoms with Gasteiger partial charge >= 0.3 is 0 Å². The molecule has 0 heterocycles. The van der Waals surface area contributed by atoms with Crippen molar-refractivity contribution in [2.75, 3.05) is 13.1 Å². The second kappa shape index (κ2) is 8.79. The minimum absolute atomic E-state index is 0.0535. The van der Waals surface area contributed by atoms with Gasteiger partial charge in [-0.15, -0.1) is 0 Å². The van der Waals surface area contributed by atoms with E-state index in [4.69, 9.17) is 0 Å². The van der Waals surface area contributed by atoms with Crippen LogP contribution in [0.15, 0.2) is 29.2 Å². The third-order valence-corrected chi connectivity index (χ3v) is 4.50. The molecule has 6 heteroatoms. The molecule has 1 aromatic carbocycles. The standard InChI is InChI=1S/C15H24N2O3S/c1-3-6-15(18)16-11-4-5-12-17-21(19,20)14-9-7-13(2)8-10-14/h7-10,17H,3-6,11-12H2,1-2H3,(H,16,18). The lowest BCUT2D eigenvalue weighted by Gasteiger charge is -2.07. The molecule has 1 rings (SSSR count). The predicted octanol–water partition coefficient (Wildman–Crippen LogP) is 1.97. The molecule has 0 saturated carbocycles. The van der Waals surface area contributed by atoms with Crippen molar-refractivity contribution in [2.45, 2.75) is 44.4 Å². The first-order chi connectivity index (χ1) is 9.95. The lowest BCUT2D eigenvalue weighted by molar-refractivity contribution is -0.121. The zero-order valence-corrected chi connectivity index (χ0v) is 13.5. The highest BCUT2D eigenvalue weighted by Gasteiger charge is 2.12. The van der Waals surface area contributed by atoms with Crippen molar-refractivity contribution in [3.8, 4) is 0 Å². The number of carbonyl (C=O) groups is 1. The van der Waals surface area contributed by atoms with Gasteiger partial charge in [-0.25, -0.2) is 13.1 Å². The first-order valence-corrected chi connectivity index (χ1v) is 8.77. The first kappa shape index (κ1) is 17.7. The second-order valence-electron chi connectivity index (χ2n) is 5.02. The molecule has 0 unspecified atom stereocenters. The Bertz CT molecular complexity index is 539. The third kappa shape index (κ3) is 6.73. The van der Waals surface area contributed by atoms with Gasteiger partial charge in [0.15, 0.2) is 0 Å². The molecule has 1 aromatic rings. The molecule has 0 aliphatic rings. The summed E-state index contributed by atoms with van der Waals surface area (Å²) in [6.07, 6.45) is 2.83. The fourth-order valence-corrected chi connectivity index (χ4v) is 2.87. The summed E-state index contributed by atoms with van der Waals surface area (Å²) in [6, 6.07) is 6.75. The molecule has 0 spiro atoms. The molecule has 118 valence electrons. The highest BCUT2D eigenvalue weighted by molar-refractivity contribution is 7.89. The van der Waals surface area contributed by atoms with Crippen LogP contribution in [0.5, 0.6) is 0 Å². The van der Waals surface area contributed by atoms with E-state index in [0.717, 1.165) is 18.4 Å². The number of unbranched alkanes of at least 4 members (excludes halogenated alkanes) is 1. The topological polar surface area (TPSA) is 75.3 Å². The second-order valence-corrected chi connectivity index (χ2v) is 6.78. The van der Waals surface area contributed by atoms with E-state index in [1.807, 2.05) is 13.8 Å². The van der Waals surface area contributed by atoms with E-state index in [9.17, 15) is 13.2 Å². The van der Waals surface area contributed by atoms with Gasteiger partial charge in [0.1, 0.15) is 0 Å². The molecule has 5 nitrogen and oxygen atoms in total. The molecular formula is C15H24N2O3S. The summed E-state index contributed by atoms with van der Waals surface area (Å²) in [5.41, 5.74) is 1.02. The Hall–Kier alpha value is -1.40. The largest absolute Gasteiger partial charge is 0.356 e. The Morgan fingerprint density at radius 3 is 2.33 bits per heavy atom. The monoisotopic (exact) mass is 312 g/mol. The van der Waals surface area contributed by atoms with Crippen LogP contribution in [0.3, 0.4) is 0 Å². The Labute approximate surface area is 127 Å². The van der Waals surface area contributed by atoms with Crippen molar-refractivity contribution >= 4 is 15.9 Å². The number of hydrogen-bond donors (Lipinski definition) is 2. The van der Waals surface area contributed by atoms with Crippen molar-refractivity contribution in [1.29, 1.82) is 0 Å². The van der Waals surface area contributed by atoms with E-state index in [-0.39, 0.29) is 10.8 Å². The fraction of sp³-hybridized carbons (Fsp3) is 0.533. The van der Waals surface area contributed by atoms with Crippen LogP contribution < -0.4 is 10.0 Å². The molecule has 0 aromatic heterocycles. The quantitative estimate of drug-likeness (QED) is 0.685. The maximum Gasteiger partial charge on any atom is 0.240 e. The van der Waals surface area contributed by atoms with E-state index >= 15 is 0 Å². The number of sulfonamides is 1. The number of hydrogen-bond acceptors (Lipinski definition) is 3. The Balaban J connectivity index is 2.25. The van der Waals surface area contributed by atoms with Crippen LogP contribution in [-0.2, 0) is 14.8 Å². The van der Waals surface area contributed by atoms with Crippen LogP contribution in [0.25, 0.3) is 0 Å². The number of rotatable bonds is 9. The fourth-order valence-electron chi connectivity index (χ4n) is 1.80. The molecule has 0 saturated heterocycles. The average Bonchev–Trinajstić information content (AvgIpc) is 2.43. The Morgan fingerprint density at radius 2 is 1.71 bits per heavy atom. The van der Waals surface area contributed by atoms with Crippen LogP contribution in [0.4, 0.5) is 0 Å². The molecule has 2 N–H and O–H groups in total. The molecule has 0 bridgehead atoms. The number of aryl methyl sites for hydroxylation is 1. The van der Waals surface area contributed by atoms with Crippen molar-refractivity contribution < 1.29 is 13.2 Å². The van der Waals surface area contributed by atoms with Gasteiger partial charge in [0, 0.05) is 19.5 Å². The van der Waals surface area contributed by atoms with Crippen LogP contribution >= 0.6 is 0 Å². The van der Waals surface area contributed by atoms with Gasteiger partial charge in [-0.3, -0.25) is 4.79 Å². The lowest BCUT2D eigenvalue weighted by atomic mass is 10.2. The van der Waals surface area contributed by atoms with E-state index in [1.54, 1.807) is 24.3 Å². The van der Waals surface area contributed by atoms with Gasteiger partial charge < -0.3 is 5.32 Å². The van der Waals surface area contributed by atoms with Crippen LogP contribution in [0.2, 0.25) is 0 Å². The summed E-state index contributed by atoms with van der Waals surface area (Å²) in [6.45, 7) is 4.83. The number of nitrogens with one attached hydrogen (secondary N) is 2. The van der Waals surface area contributed by atoms with Gasteiger partial charge in [-0.2, -0.15) is 0 Å². The zero-order chi connectivity index (χ0) is 15.7. The molecular weight excluding hydrogens is 288 g/mol. The molecule has 0 aliphatic heterocycles. The SMILES string of the molecule is CCCC(=O)NCCCCNS(=O)(=O)c1ccc(C)cc1. The first-order valence-electron chi connectivity index (χ1n) is 7.28. The minimum atomic E-state index is -3.43. The van der Waals surface area contributed by atoms with Crippen LogP contribution in [0, 0.1) is 6.92 Å². The van der Waals surface area contributed by atoms with Gasteiger partial charge in [0.05, 0.1) is 4.90 Å². The summed E-state index contributed by atoms with van der Waals surface area (Å²) in [5.74, 6) is 0.0535. The van der Waals surface area contributed by atoms with Crippen molar-refractivity contribution in [3.63, 3.8) is 0 Å². The highest BCUT2D eigenvalue weighted by atomic mass is 32.2. The van der Waals surface area contributed by atoms with Crippen LogP contribution in [-0.4, -0.2) is 27.4 Å². The van der Waals surface area contributed by atoms with Crippen molar-refractivity contribution in [2.24, 2.45) is 0 Å². The van der Waals surface area contributed by atoms with Gasteiger partial charge in [0.2, 0.25) is 15.9 Å². The molecule has 21 heavy (non-hydrogen) atoms. The number of amides is 1. The van der Waals surface area contributed by atoms with Crippen LogP contribution in [0.1, 0.15) is 38.2 Å². The minimum Gasteiger partial charge on any atom is -0.356 e. The van der Waals surface area contributed by atoms with Gasteiger partial charge in [-0.05, 0) is 38.3 Å². The summed E-state index contributed by atoms with van der Waals surface area (Å²) < 4.78 is 26.5. The normalized spacial score (nSPS) is 11.3. The Morgan fingerprint density at radius 1 is 1.10 bits per heavy atom. The summed E-state index contributed by atoms with van der Waals surface area (Å²) in [4.78, 5) is 11.5. The number of benzene rings is 1. The van der Waals surface area contributed by atoms with Crippen molar-refractivity contribution in [3.05, 3.63) is 29.8 Å². The summed E-state index contributed by atoms with van der Waals surface area (Å²) >= 11 is 0. The summed E-state index contributed by atoms with van der Waals surface area (Å²) in [7, 11) is -3.43. The third-order valence-electron chi connectivity index (χ3n) is 3.03. The van der Waals surface area contributed by atoms with E-state index in [0.29, 0.717) is 25.9 Å².